The van der Waals surface area contributed by atoms with Crippen molar-refractivity contribution in [3.05, 3.63) is 34.3 Å². The fourth-order valence-corrected chi connectivity index (χ4v) is 3.27. The fourth-order valence-electron chi connectivity index (χ4n) is 2.86. The van der Waals surface area contributed by atoms with Gasteiger partial charge in [-0.05, 0) is 37.3 Å². The monoisotopic (exact) mass is 350 g/mol. The van der Waals surface area contributed by atoms with Crippen LogP contribution >= 0.6 is 15.9 Å². The molecule has 0 radical (unpaired) electrons. The number of hydrogen-bond donors (Lipinski definition) is 1. The zero-order valence-corrected chi connectivity index (χ0v) is 13.6. The predicted octanol–water partition coefficient (Wildman–Crippen LogP) is 2.46. The predicted molar refractivity (Wildman–Crippen MR) is 83.4 cm³/mol. The molecule has 1 aliphatic carbocycles. The third-order valence-corrected chi connectivity index (χ3v) is 5.04. The van der Waals surface area contributed by atoms with E-state index in [9.17, 15) is 9.59 Å². The number of rotatable bonds is 3. The Balaban J connectivity index is 1.85. The van der Waals surface area contributed by atoms with Crippen molar-refractivity contribution < 1.29 is 9.59 Å². The van der Waals surface area contributed by atoms with Crippen molar-refractivity contribution in [2.24, 2.45) is 5.92 Å². The molecule has 2 unspecified atom stereocenters. The molecule has 2 atom stereocenters. The molecule has 2 aliphatic rings. The highest BCUT2D eigenvalue weighted by molar-refractivity contribution is 9.10. The van der Waals surface area contributed by atoms with Crippen molar-refractivity contribution >= 4 is 27.7 Å². The lowest BCUT2D eigenvalue weighted by Crippen LogP contribution is -2.47. The van der Waals surface area contributed by atoms with Gasteiger partial charge in [0.25, 0.3) is 0 Å². The van der Waals surface area contributed by atoms with Crippen molar-refractivity contribution in [2.45, 2.75) is 44.8 Å². The van der Waals surface area contributed by atoms with E-state index in [1.54, 1.807) is 0 Å². The second-order valence-electron chi connectivity index (χ2n) is 5.99. The van der Waals surface area contributed by atoms with E-state index in [1.807, 2.05) is 36.1 Å². The largest absolute Gasteiger partial charge is 0.344 e. The minimum Gasteiger partial charge on any atom is -0.344 e. The summed E-state index contributed by atoms with van der Waals surface area (Å²) in [5.74, 6) is 0.377. The molecule has 0 aromatic heterocycles. The Morgan fingerprint density at radius 3 is 2.67 bits per heavy atom. The van der Waals surface area contributed by atoms with Gasteiger partial charge in [0.1, 0.15) is 6.04 Å². The van der Waals surface area contributed by atoms with Crippen molar-refractivity contribution in [3.8, 4) is 0 Å². The van der Waals surface area contributed by atoms with Crippen LogP contribution in [0.25, 0.3) is 0 Å². The summed E-state index contributed by atoms with van der Waals surface area (Å²) >= 11 is 3.53. The highest BCUT2D eigenvalue weighted by atomic mass is 79.9. The van der Waals surface area contributed by atoms with Crippen LogP contribution in [0.2, 0.25) is 0 Å². The summed E-state index contributed by atoms with van der Waals surface area (Å²) in [5, 5.41) is 2.91. The molecule has 1 aromatic rings. The first kappa shape index (κ1) is 14.6. The highest BCUT2D eigenvalue weighted by Crippen LogP contribution is 2.35. The number of carbonyl (C=O) groups is 2. The maximum atomic E-state index is 12.8. The number of amides is 2. The first-order valence-electron chi connectivity index (χ1n) is 7.39. The standard InChI is InChI=1S/C16H19BrN2O2/c1-10-8-14(20)18-15(11-6-7-11)16(21)19(10)9-12-4-2-3-5-13(12)17/h2-5,10-11,15H,6-9H2,1H3,(H,18,20). The molecule has 1 saturated carbocycles. The third kappa shape index (κ3) is 3.12. The van der Waals surface area contributed by atoms with Gasteiger partial charge in [-0.1, -0.05) is 34.1 Å². The highest BCUT2D eigenvalue weighted by Gasteiger charge is 2.42. The molecule has 1 N–H and O–H groups in total. The molecule has 1 heterocycles. The molecule has 0 spiro atoms. The second kappa shape index (κ2) is 5.79. The molecule has 2 amide bonds. The minimum absolute atomic E-state index is 0.0117. The summed E-state index contributed by atoms with van der Waals surface area (Å²) in [6.45, 7) is 2.49. The van der Waals surface area contributed by atoms with Crippen molar-refractivity contribution in [2.75, 3.05) is 0 Å². The van der Waals surface area contributed by atoms with E-state index in [2.05, 4.69) is 21.2 Å². The average Bonchev–Trinajstić information content (AvgIpc) is 3.27. The van der Waals surface area contributed by atoms with Gasteiger partial charge < -0.3 is 10.2 Å². The van der Waals surface area contributed by atoms with E-state index in [1.165, 1.54) is 0 Å². The van der Waals surface area contributed by atoms with Gasteiger partial charge in [0.05, 0.1) is 0 Å². The van der Waals surface area contributed by atoms with Gasteiger partial charge in [-0.15, -0.1) is 0 Å². The van der Waals surface area contributed by atoms with Crippen molar-refractivity contribution in [1.82, 2.24) is 10.2 Å². The summed E-state index contributed by atoms with van der Waals surface area (Å²) in [6, 6.07) is 7.51. The zero-order valence-electron chi connectivity index (χ0n) is 12.0. The lowest BCUT2D eigenvalue weighted by molar-refractivity contribution is -0.136. The molecule has 112 valence electrons. The van der Waals surface area contributed by atoms with Crippen LogP contribution in [0.4, 0.5) is 0 Å². The van der Waals surface area contributed by atoms with Crippen LogP contribution in [0.1, 0.15) is 31.7 Å². The van der Waals surface area contributed by atoms with Crippen LogP contribution < -0.4 is 5.32 Å². The lowest BCUT2D eigenvalue weighted by atomic mass is 10.1. The van der Waals surface area contributed by atoms with Gasteiger partial charge >= 0.3 is 0 Å². The van der Waals surface area contributed by atoms with Crippen molar-refractivity contribution in [1.29, 1.82) is 0 Å². The Labute approximate surface area is 133 Å². The lowest BCUT2D eigenvalue weighted by Gasteiger charge is -2.29. The molecule has 0 bridgehead atoms. The second-order valence-corrected chi connectivity index (χ2v) is 6.85. The van der Waals surface area contributed by atoms with E-state index >= 15 is 0 Å². The van der Waals surface area contributed by atoms with Gasteiger partial charge in [-0.25, -0.2) is 0 Å². The van der Waals surface area contributed by atoms with Crippen LogP contribution in [0.3, 0.4) is 0 Å². The fraction of sp³-hybridized carbons (Fsp3) is 0.500. The van der Waals surface area contributed by atoms with Gasteiger partial charge in [0.15, 0.2) is 0 Å². The maximum Gasteiger partial charge on any atom is 0.245 e. The number of nitrogens with one attached hydrogen (secondary N) is 1. The number of hydrogen-bond acceptors (Lipinski definition) is 2. The molecule has 5 heteroatoms. The molecule has 3 rings (SSSR count). The van der Waals surface area contributed by atoms with E-state index in [0.29, 0.717) is 18.9 Å². The Morgan fingerprint density at radius 1 is 1.29 bits per heavy atom. The minimum atomic E-state index is -0.329. The Bertz CT molecular complexity index is 571. The molecule has 1 saturated heterocycles. The van der Waals surface area contributed by atoms with Gasteiger partial charge in [0.2, 0.25) is 11.8 Å². The molecule has 2 fully saturated rings. The first-order valence-corrected chi connectivity index (χ1v) is 8.19. The Morgan fingerprint density at radius 2 is 2.00 bits per heavy atom. The van der Waals surface area contributed by atoms with Crippen LogP contribution in [-0.4, -0.2) is 28.8 Å². The SMILES string of the molecule is CC1CC(=O)NC(C2CC2)C(=O)N1Cc1ccccc1Br. The number of nitrogens with zero attached hydrogens (tertiary/aromatic N) is 1. The van der Waals surface area contributed by atoms with Crippen LogP contribution in [0, 0.1) is 5.92 Å². The third-order valence-electron chi connectivity index (χ3n) is 4.27. The summed E-state index contributed by atoms with van der Waals surface area (Å²) in [4.78, 5) is 26.6. The van der Waals surface area contributed by atoms with Gasteiger partial charge in [-0.3, -0.25) is 9.59 Å². The molecule has 1 aromatic carbocycles. The summed E-state index contributed by atoms with van der Waals surface area (Å²) in [7, 11) is 0. The summed E-state index contributed by atoms with van der Waals surface area (Å²) < 4.78 is 0.997. The molecular weight excluding hydrogens is 332 g/mol. The van der Waals surface area contributed by atoms with Crippen LogP contribution in [0.5, 0.6) is 0 Å². The molecule has 21 heavy (non-hydrogen) atoms. The molecule has 4 nitrogen and oxygen atoms in total. The van der Waals surface area contributed by atoms with Gasteiger partial charge in [0, 0.05) is 23.5 Å². The Kier molecular flexibility index (Phi) is 4.02. The average molecular weight is 351 g/mol. The van der Waals surface area contributed by atoms with Crippen molar-refractivity contribution in [3.63, 3.8) is 0 Å². The maximum absolute atomic E-state index is 12.8. The first-order chi connectivity index (χ1) is 10.1. The van der Waals surface area contributed by atoms with E-state index < -0.39 is 0 Å². The molecule has 1 aliphatic heterocycles. The van der Waals surface area contributed by atoms with E-state index in [0.717, 1.165) is 22.9 Å². The number of carbonyl (C=O) groups excluding carboxylic acids is 2. The summed E-state index contributed by atoms with van der Waals surface area (Å²) in [6.07, 6.45) is 2.45. The van der Waals surface area contributed by atoms with Crippen LogP contribution in [-0.2, 0) is 16.1 Å². The Hall–Kier alpha value is -1.36. The zero-order chi connectivity index (χ0) is 15.0. The topological polar surface area (TPSA) is 49.4 Å². The smallest absolute Gasteiger partial charge is 0.245 e. The van der Waals surface area contributed by atoms with E-state index in [-0.39, 0.29) is 23.9 Å². The number of halogens is 1. The quantitative estimate of drug-likeness (QED) is 0.910. The van der Waals surface area contributed by atoms with Gasteiger partial charge in [-0.2, -0.15) is 0 Å². The van der Waals surface area contributed by atoms with Crippen LogP contribution in [0.15, 0.2) is 28.7 Å². The number of benzene rings is 1. The van der Waals surface area contributed by atoms with E-state index in [4.69, 9.17) is 0 Å². The normalized spacial score (nSPS) is 26.5. The molecular formula is C16H19BrN2O2. The summed E-state index contributed by atoms with van der Waals surface area (Å²) in [5.41, 5.74) is 1.07.